The Balaban J connectivity index is 2.48. The second-order valence-corrected chi connectivity index (χ2v) is 2.99. The van der Waals surface area contributed by atoms with E-state index < -0.39 is 6.10 Å². The summed E-state index contributed by atoms with van der Waals surface area (Å²) in [7, 11) is 0. The van der Waals surface area contributed by atoms with Crippen LogP contribution in [0.25, 0.3) is 0 Å². The Labute approximate surface area is 84.2 Å². The van der Waals surface area contributed by atoms with E-state index in [4.69, 9.17) is 15.9 Å². The molecule has 0 aromatic rings. The normalized spacial score (nSPS) is 21.3. The van der Waals surface area contributed by atoms with Crippen molar-refractivity contribution >= 4 is 5.91 Å². The van der Waals surface area contributed by atoms with Crippen LogP contribution in [0.3, 0.4) is 0 Å². The van der Waals surface area contributed by atoms with Crippen LogP contribution in [-0.2, 0) is 14.3 Å². The number of carbonyl (C=O) groups is 1. The molecule has 1 amide bonds. The standard InChI is InChI=1S/C10H15NO3/c1-3-5-11(4-2)10(12)9-8-13-6-7-14-9/h1,9H,4-8H2,2H3. The van der Waals surface area contributed by atoms with Crippen LogP contribution in [0.15, 0.2) is 0 Å². The minimum Gasteiger partial charge on any atom is -0.376 e. The molecule has 0 aromatic heterocycles. The molecule has 4 heteroatoms. The van der Waals surface area contributed by atoms with Gasteiger partial charge in [0.2, 0.25) is 0 Å². The second kappa shape index (κ2) is 5.63. The summed E-state index contributed by atoms with van der Waals surface area (Å²) < 4.78 is 10.4. The van der Waals surface area contributed by atoms with Crippen LogP contribution in [0.5, 0.6) is 0 Å². The quantitative estimate of drug-likeness (QED) is 0.592. The van der Waals surface area contributed by atoms with Gasteiger partial charge in [-0.25, -0.2) is 0 Å². The maximum absolute atomic E-state index is 11.7. The summed E-state index contributed by atoms with van der Waals surface area (Å²) in [4.78, 5) is 13.3. The molecule has 0 N–H and O–H groups in total. The summed E-state index contributed by atoms with van der Waals surface area (Å²) in [6.45, 7) is 4.19. The Morgan fingerprint density at radius 1 is 1.64 bits per heavy atom. The van der Waals surface area contributed by atoms with Gasteiger partial charge in [0, 0.05) is 6.54 Å². The van der Waals surface area contributed by atoms with Crippen molar-refractivity contribution in [2.75, 3.05) is 32.9 Å². The van der Waals surface area contributed by atoms with Crippen molar-refractivity contribution in [1.82, 2.24) is 4.90 Å². The van der Waals surface area contributed by atoms with Crippen molar-refractivity contribution in [3.05, 3.63) is 0 Å². The largest absolute Gasteiger partial charge is 0.376 e. The maximum atomic E-state index is 11.7. The van der Waals surface area contributed by atoms with Gasteiger partial charge in [-0.15, -0.1) is 6.42 Å². The molecule has 0 saturated carbocycles. The molecule has 14 heavy (non-hydrogen) atoms. The Bertz CT molecular complexity index is 228. The number of nitrogens with zero attached hydrogens (tertiary/aromatic N) is 1. The van der Waals surface area contributed by atoms with E-state index >= 15 is 0 Å². The van der Waals surface area contributed by atoms with Crippen LogP contribution < -0.4 is 0 Å². The molecule has 1 aliphatic heterocycles. The van der Waals surface area contributed by atoms with Crippen molar-refractivity contribution in [1.29, 1.82) is 0 Å². The van der Waals surface area contributed by atoms with Gasteiger partial charge in [0.1, 0.15) is 0 Å². The first-order valence-corrected chi connectivity index (χ1v) is 4.71. The molecular weight excluding hydrogens is 182 g/mol. The van der Waals surface area contributed by atoms with E-state index in [1.54, 1.807) is 4.90 Å². The monoisotopic (exact) mass is 197 g/mol. The lowest BCUT2D eigenvalue weighted by Gasteiger charge is -2.27. The third-order valence-corrected chi connectivity index (χ3v) is 2.07. The van der Waals surface area contributed by atoms with Crippen LogP contribution in [0.4, 0.5) is 0 Å². The summed E-state index contributed by atoms with van der Waals surface area (Å²) in [6, 6.07) is 0. The number of hydrogen-bond acceptors (Lipinski definition) is 3. The minimum absolute atomic E-state index is 0.0786. The lowest BCUT2D eigenvalue weighted by atomic mass is 10.3. The number of terminal acetylenes is 1. The zero-order chi connectivity index (χ0) is 10.4. The summed E-state index contributed by atoms with van der Waals surface area (Å²) in [5.74, 6) is 2.37. The number of carbonyl (C=O) groups excluding carboxylic acids is 1. The second-order valence-electron chi connectivity index (χ2n) is 2.99. The highest BCUT2D eigenvalue weighted by Crippen LogP contribution is 2.05. The number of likely N-dealkylation sites (N-methyl/N-ethyl adjacent to an activating group) is 1. The maximum Gasteiger partial charge on any atom is 0.254 e. The summed E-state index contributed by atoms with van der Waals surface area (Å²) in [5.41, 5.74) is 0. The topological polar surface area (TPSA) is 38.8 Å². The van der Waals surface area contributed by atoms with Gasteiger partial charge in [0.15, 0.2) is 6.10 Å². The van der Waals surface area contributed by atoms with Crippen molar-refractivity contribution in [3.8, 4) is 12.3 Å². The van der Waals surface area contributed by atoms with Crippen LogP contribution in [0.2, 0.25) is 0 Å². The zero-order valence-corrected chi connectivity index (χ0v) is 8.36. The molecule has 0 aliphatic carbocycles. The van der Waals surface area contributed by atoms with Crippen LogP contribution >= 0.6 is 0 Å². The van der Waals surface area contributed by atoms with E-state index in [0.29, 0.717) is 32.9 Å². The average molecular weight is 197 g/mol. The molecule has 1 aliphatic rings. The highest BCUT2D eigenvalue weighted by Gasteiger charge is 2.26. The fourth-order valence-corrected chi connectivity index (χ4v) is 1.29. The van der Waals surface area contributed by atoms with Gasteiger partial charge in [-0.05, 0) is 6.92 Å². The minimum atomic E-state index is -0.475. The van der Waals surface area contributed by atoms with E-state index in [1.165, 1.54) is 0 Å². The van der Waals surface area contributed by atoms with Gasteiger partial charge < -0.3 is 14.4 Å². The van der Waals surface area contributed by atoms with E-state index in [9.17, 15) is 4.79 Å². The van der Waals surface area contributed by atoms with Gasteiger partial charge in [-0.3, -0.25) is 4.79 Å². The highest BCUT2D eigenvalue weighted by molar-refractivity contribution is 5.81. The molecule has 1 fully saturated rings. The Kier molecular flexibility index (Phi) is 4.44. The molecule has 78 valence electrons. The molecule has 0 radical (unpaired) electrons. The lowest BCUT2D eigenvalue weighted by Crippen LogP contribution is -2.45. The molecule has 0 bridgehead atoms. The molecule has 0 aromatic carbocycles. The van der Waals surface area contributed by atoms with E-state index in [0.717, 1.165) is 0 Å². The third-order valence-electron chi connectivity index (χ3n) is 2.07. The molecular formula is C10H15NO3. The van der Waals surface area contributed by atoms with Crippen molar-refractivity contribution < 1.29 is 14.3 Å². The first-order chi connectivity index (χ1) is 6.79. The molecule has 0 spiro atoms. The van der Waals surface area contributed by atoms with Crippen LogP contribution in [0.1, 0.15) is 6.92 Å². The van der Waals surface area contributed by atoms with Crippen LogP contribution in [-0.4, -0.2) is 49.8 Å². The Hall–Kier alpha value is -1.05. The van der Waals surface area contributed by atoms with Crippen LogP contribution in [0, 0.1) is 12.3 Å². The number of amides is 1. The average Bonchev–Trinajstić information content (AvgIpc) is 2.26. The highest BCUT2D eigenvalue weighted by atomic mass is 16.6. The Morgan fingerprint density at radius 3 is 2.93 bits per heavy atom. The van der Waals surface area contributed by atoms with Gasteiger partial charge in [0.05, 0.1) is 26.4 Å². The predicted molar refractivity (Wildman–Crippen MR) is 51.6 cm³/mol. The summed E-state index contributed by atoms with van der Waals surface area (Å²) >= 11 is 0. The summed E-state index contributed by atoms with van der Waals surface area (Å²) in [6.07, 6.45) is 4.68. The predicted octanol–water partition coefficient (Wildman–Crippen LogP) is -0.117. The molecule has 1 saturated heterocycles. The molecule has 4 nitrogen and oxygen atoms in total. The van der Waals surface area contributed by atoms with E-state index in [1.807, 2.05) is 6.92 Å². The molecule has 1 unspecified atom stereocenters. The number of rotatable bonds is 3. The lowest BCUT2D eigenvalue weighted by molar-refractivity contribution is -0.157. The van der Waals surface area contributed by atoms with Gasteiger partial charge in [-0.1, -0.05) is 5.92 Å². The van der Waals surface area contributed by atoms with Gasteiger partial charge >= 0.3 is 0 Å². The van der Waals surface area contributed by atoms with Gasteiger partial charge in [0.25, 0.3) is 5.91 Å². The van der Waals surface area contributed by atoms with E-state index in [-0.39, 0.29) is 5.91 Å². The van der Waals surface area contributed by atoms with Crippen molar-refractivity contribution in [3.63, 3.8) is 0 Å². The smallest absolute Gasteiger partial charge is 0.254 e. The zero-order valence-electron chi connectivity index (χ0n) is 8.36. The fourth-order valence-electron chi connectivity index (χ4n) is 1.29. The number of hydrogen-bond donors (Lipinski definition) is 0. The molecule has 1 atom stereocenters. The molecule has 1 heterocycles. The Morgan fingerprint density at radius 2 is 2.43 bits per heavy atom. The third kappa shape index (κ3) is 2.72. The van der Waals surface area contributed by atoms with Crippen molar-refractivity contribution in [2.24, 2.45) is 0 Å². The first kappa shape index (κ1) is 11.0. The SMILES string of the molecule is C#CCN(CC)C(=O)C1COCCO1. The molecule has 1 rings (SSSR count). The fraction of sp³-hybridized carbons (Fsp3) is 0.700. The first-order valence-electron chi connectivity index (χ1n) is 4.71. The van der Waals surface area contributed by atoms with Crippen molar-refractivity contribution in [2.45, 2.75) is 13.0 Å². The van der Waals surface area contributed by atoms with Gasteiger partial charge in [-0.2, -0.15) is 0 Å². The summed E-state index contributed by atoms with van der Waals surface area (Å²) in [5, 5.41) is 0. The number of ether oxygens (including phenoxy) is 2. The van der Waals surface area contributed by atoms with E-state index in [2.05, 4.69) is 5.92 Å².